The number of aliphatic carboxylic acids is 1. The summed E-state index contributed by atoms with van der Waals surface area (Å²) in [4.78, 5) is 10.6. The molecule has 78 valence electrons. The third kappa shape index (κ3) is 1.83. The van der Waals surface area contributed by atoms with E-state index in [1.807, 2.05) is 13.0 Å². The first-order valence-corrected chi connectivity index (χ1v) is 4.85. The lowest BCUT2D eigenvalue weighted by Crippen LogP contribution is -2.00. The lowest BCUT2D eigenvalue weighted by atomic mass is 10.1. The fourth-order valence-electron chi connectivity index (χ4n) is 1.55. The fraction of sp³-hybridized carbons (Fsp3) is 0.182. The van der Waals surface area contributed by atoms with E-state index in [0.717, 1.165) is 11.1 Å². The van der Waals surface area contributed by atoms with Crippen LogP contribution >= 0.6 is 11.6 Å². The van der Waals surface area contributed by atoms with Crippen molar-refractivity contribution in [1.29, 1.82) is 0 Å². The smallest absolute Gasteiger partial charge is 0.307 e. The second-order valence-corrected chi connectivity index (χ2v) is 3.76. The van der Waals surface area contributed by atoms with Crippen LogP contribution in [0.4, 0.5) is 0 Å². The second-order valence-electron chi connectivity index (χ2n) is 3.38. The van der Waals surface area contributed by atoms with Gasteiger partial charge in [-0.25, -0.2) is 0 Å². The number of carboxylic acids is 1. The summed E-state index contributed by atoms with van der Waals surface area (Å²) >= 11 is 6.08. The fourth-order valence-corrected chi connectivity index (χ4v) is 1.83. The average molecular weight is 225 g/mol. The molecule has 1 aromatic carbocycles. The molecular formula is C11H9ClO3. The Hall–Kier alpha value is -1.48. The normalized spacial score (nSPS) is 10.8. The number of fused-ring (bicyclic) bond motifs is 1. The van der Waals surface area contributed by atoms with E-state index in [1.165, 1.54) is 0 Å². The van der Waals surface area contributed by atoms with Gasteiger partial charge in [0.25, 0.3) is 0 Å². The van der Waals surface area contributed by atoms with Crippen LogP contribution < -0.4 is 0 Å². The molecule has 0 saturated heterocycles. The van der Waals surface area contributed by atoms with E-state index >= 15 is 0 Å². The van der Waals surface area contributed by atoms with E-state index in [0.29, 0.717) is 16.2 Å². The Morgan fingerprint density at radius 3 is 2.93 bits per heavy atom. The Balaban J connectivity index is 2.58. The SMILES string of the molecule is Cc1cc2c(Cl)c(CC(=O)O)ccc2o1. The predicted molar refractivity (Wildman–Crippen MR) is 57.3 cm³/mol. The molecule has 1 N–H and O–H groups in total. The van der Waals surface area contributed by atoms with E-state index in [-0.39, 0.29) is 6.42 Å². The molecule has 1 aromatic heterocycles. The van der Waals surface area contributed by atoms with Crippen LogP contribution in [0.3, 0.4) is 0 Å². The number of rotatable bonds is 2. The minimum Gasteiger partial charge on any atom is -0.481 e. The number of hydrogen-bond donors (Lipinski definition) is 1. The van der Waals surface area contributed by atoms with Crippen molar-refractivity contribution in [3.63, 3.8) is 0 Å². The van der Waals surface area contributed by atoms with Crippen LogP contribution in [0.15, 0.2) is 22.6 Å². The summed E-state index contributed by atoms with van der Waals surface area (Å²) in [7, 11) is 0. The molecular weight excluding hydrogens is 216 g/mol. The zero-order valence-corrected chi connectivity index (χ0v) is 8.84. The standard InChI is InChI=1S/C11H9ClO3/c1-6-4-8-9(15-6)3-2-7(11(8)12)5-10(13)14/h2-4H,5H2,1H3,(H,13,14). The summed E-state index contributed by atoms with van der Waals surface area (Å²) in [6.45, 7) is 1.83. The topological polar surface area (TPSA) is 50.4 Å². The summed E-state index contributed by atoms with van der Waals surface area (Å²) in [5, 5.41) is 9.92. The molecule has 0 atom stereocenters. The van der Waals surface area contributed by atoms with Crippen molar-refractivity contribution in [3.05, 3.63) is 34.5 Å². The van der Waals surface area contributed by atoms with Gasteiger partial charge in [-0.1, -0.05) is 17.7 Å². The van der Waals surface area contributed by atoms with Crippen molar-refractivity contribution in [2.75, 3.05) is 0 Å². The molecule has 2 rings (SSSR count). The average Bonchev–Trinajstić information content (AvgIpc) is 2.51. The number of hydrogen-bond acceptors (Lipinski definition) is 2. The highest BCUT2D eigenvalue weighted by Crippen LogP contribution is 2.30. The van der Waals surface area contributed by atoms with Crippen molar-refractivity contribution in [2.45, 2.75) is 13.3 Å². The van der Waals surface area contributed by atoms with Gasteiger partial charge in [0.1, 0.15) is 11.3 Å². The summed E-state index contributed by atoms with van der Waals surface area (Å²) in [6, 6.07) is 5.23. The molecule has 0 aliphatic carbocycles. The number of aryl methyl sites for hydroxylation is 1. The second kappa shape index (κ2) is 3.59. The van der Waals surface area contributed by atoms with Gasteiger partial charge in [0.2, 0.25) is 0 Å². The minimum absolute atomic E-state index is 0.0704. The molecule has 0 radical (unpaired) electrons. The summed E-state index contributed by atoms with van der Waals surface area (Å²) in [5.41, 5.74) is 1.30. The van der Waals surface area contributed by atoms with Crippen LogP contribution in [0, 0.1) is 6.92 Å². The molecule has 0 aliphatic heterocycles. The van der Waals surface area contributed by atoms with Gasteiger partial charge >= 0.3 is 5.97 Å². The van der Waals surface area contributed by atoms with Gasteiger partial charge in [-0.3, -0.25) is 4.79 Å². The van der Waals surface area contributed by atoms with E-state index in [2.05, 4.69) is 0 Å². The molecule has 0 aliphatic rings. The zero-order chi connectivity index (χ0) is 11.0. The minimum atomic E-state index is -0.892. The van der Waals surface area contributed by atoms with Crippen LogP contribution in [0.1, 0.15) is 11.3 Å². The monoisotopic (exact) mass is 224 g/mol. The maximum atomic E-state index is 10.6. The highest BCUT2D eigenvalue weighted by molar-refractivity contribution is 6.36. The molecule has 0 unspecified atom stereocenters. The van der Waals surface area contributed by atoms with E-state index in [4.69, 9.17) is 21.1 Å². The maximum absolute atomic E-state index is 10.6. The largest absolute Gasteiger partial charge is 0.481 e. The van der Waals surface area contributed by atoms with Gasteiger partial charge in [0, 0.05) is 5.39 Å². The number of carbonyl (C=O) groups is 1. The lowest BCUT2D eigenvalue weighted by Gasteiger charge is -2.00. The number of furan rings is 1. The number of carboxylic acid groups (broad SMARTS) is 1. The van der Waals surface area contributed by atoms with Gasteiger partial charge in [0.05, 0.1) is 11.4 Å². The van der Waals surface area contributed by atoms with E-state index < -0.39 is 5.97 Å². The van der Waals surface area contributed by atoms with Gasteiger partial charge in [-0.2, -0.15) is 0 Å². The van der Waals surface area contributed by atoms with Gasteiger partial charge in [0.15, 0.2) is 0 Å². The van der Waals surface area contributed by atoms with Gasteiger partial charge < -0.3 is 9.52 Å². The molecule has 2 aromatic rings. The molecule has 0 spiro atoms. The Bertz CT molecular complexity index is 528. The maximum Gasteiger partial charge on any atom is 0.307 e. The van der Waals surface area contributed by atoms with Gasteiger partial charge in [-0.05, 0) is 24.6 Å². The van der Waals surface area contributed by atoms with E-state index in [9.17, 15) is 4.79 Å². The molecule has 1 heterocycles. The Kier molecular flexibility index (Phi) is 2.40. The van der Waals surface area contributed by atoms with Crippen LogP contribution in [0.25, 0.3) is 11.0 Å². The van der Waals surface area contributed by atoms with Crippen LogP contribution in [-0.2, 0) is 11.2 Å². The molecule has 0 fully saturated rings. The zero-order valence-electron chi connectivity index (χ0n) is 8.08. The van der Waals surface area contributed by atoms with Gasteiger partial charge in [-0.15, -0.1) is 0 Å². The first-order chi connectivity index (χ1) is 7.08. The van der Waals surface area contributed by atoms with Crippen molar-refractivity contribution in [3.8, 4) is 0 Å². The predicted octanol–water partition coefficient (Wildman–Crippen LogP) is 3.02. The Labute approximate surface area is 91.3 Å². The van der Waals surface area contributed by atoms with Crippen LogP contribution in [0.2, 0.25) is 5.02 Å². The van der Waals surface area contributed by atoms with Crippen molar-refractivity contribution < 1.29 is 14.3 Å². The highest BCUT2D eigenvalue weighted by Gasteiger charge is 2.11. The molecule has 15 heavy (non-hydrogen) atoms. The number of halogens is 1. The van der Waals surface area contributed by atoms with Crippen molar-refractivity contribution >= 4 is 28.5 Å². The lowest BCUT2D eigenvalue weighted by molar-refractivity contribution is -0.136. The Morgan fingerprint density at radius 2 is 2.27 bits per heavy atom. The number of benzene rings is 1. The summed E-state index contributed by atoms with van der Waals surface area (Å²) in [5.74, 6) is -0.129. The molecule has 3 nitrogen and oxygen atoms in total. The molecule has 4 heteroatoms. The van der Waals surface area contributed by atoms with Crippen molar-refractivity contribution in [1.82, 2.24) is 0 Å². The quantitative estimate of drug-likeness (QED) is 0.853. The first-order valence-electron chi connectivity index (χ1n) is 4.47. The third-order valence-corrected chi connectivity index (χ3v) is 2.63. The summed E-state index contributed by atoms with van der Waals surface area (Å²) in [6.07, 6.45) is -0.0704. The van der Waals surface area contributed by atoms with Crippen LogP contribution in [0.5, 0.6) is 0 Å². The van der Waals surface area contributed by atoms with Crippen molar-refractivity contribution in [2.24, 2.45) is 0 Å². The Morgan fingerprint density at radius 1 is 1.53 bits per heavy atom. The molecule has 0 amide bonds. The highest BCUT2D eigenvalue weighted by atomic mass is 35.5. The van der Waals surface area contributed by atoms with Crippen LogP contribution in [-0.4, -0.2) is 11.1 Å². The van der Waals surface area contributed by atoms with E-state index in [1.54, 1.807) is 12.1 Å². The molecule has 0 bridgehead atoms. The first kappa shape index (κ1) is 10.1. The molecule has 0 saturated carbocycles. The summed E-state index contributed by atoms with van der Waals surface area (Å²) < 4.78 is 5.38. The third-order valence-electron chi connectivity index (χ3n) is 2.18.